The third-order valence-electron chi connectivity index (χ3n) is 10.7. The molecule has 0 unspecified atom stereocenters. The van der Waals surface area contributed by atoms with Crippen molar-refractivity contribution in [1.29, 1.82) is 0 Å². The number of unbranched alkanes of at least 4 members (excludes halogenated alkanes) is 35. The van der Waals surface area contributed by atoms with Crippen LogP contribution in [0.25, 0.3) is 0 Å². The predicted molar refractivity (Wildman–Crippen MR) is 215 cm³/mol. The smallest absolute Gasteiger partial charge is 0.163 e. The maximum absolute atomic E-state index is 13.2. The first-order valence-corrected chi connectivity index (χ1v) is 22.6. The molecule has 0 aliphatic heterocycles. The molecule has 0 aliphatic rings. The quantitative estimate of drug-likeness (QED) is 0.0210. The van der Waals surface area contributed by atoms with Gasteiger partial charge < -0.3 is 5.21 Å². The van der Waals surface area contributed by atoms with Crippen LogP contribution in [0, 0.1) is 5.21 Å². The van der Waals surface area contributed by atoms with Crippen molar-refractivity contribution in [2.24, 2.45) is 0 Å². The normalized spacial score (nSPS) is 12.2. The van der Waals surface area contributed by atoms with Gasteiger partial charge in [-0.25, -0.2) is 4.74 Å². The van der Waals surface area contributed by atoms with Gasteiger partial charge in [-0.3, -0.25) is 0 Å². The first-order chi connectivity index (χ1) is 23.3. The summed E-state index contributed by atoms with van der Waals surface area (Å²) in [6.45, 7) is 7.63. The molecule has 0 heterocycles. The Morgan fingerprint density at radius 3 is 0.702 bits per heavy atom. The largest absolute Gasteiger partial charge is 0.624 e. The summed E-state index contributed by atoms with van der Waals surface area (Å²) in [4.78, 5) is 0. The highest BCUT2D eigenvalue weighted by Gasteiger charge is 2.10. The summed E-state index contributed by atoms with van der Waals surface area (Å²) < 4.78 is 1.45. The molecular formula is C45H91NO. The van der Waals surface area contributed by atoms with Crippen LogP contribution in [0.15, 0.2) is 0 Å². The van der Waals surface area contributed by atoms with E-state index < -0.39 is 0 Å². The fourth-order valence-electron chi connectivity index (χ4n) is 7.32. The van der Waals surface area contributed by atoms with Crippen molar-refractivity contribution in [3.63, 3.8) is 0 Å². The van der Waals surface area contributed by atoms with Gasteiger partial charge in [0.1, 0.15) is 0 Å². The van der Waals surface area contributed by atoms with Crippen LogP contribution >= 0.6 is 0 Å². The van der Waals surface area contributed by atoms with Gasteiger partial charge in [-0.15, -0.1) is 0 Å². The molecule has 282 valence electrons. The summed E-state index contributed by atoms with van der Waals surface area (Å²) in [6.07, 6.45) is 54.7. The number of nitrogens with zero attached hydrogens (tertiary/aromatic N) is 1. The summed E-state index contributed by atoms with van der Waals surface area (Å²) >= 11 is 0. The third-order valence-corrected chi connectivity index (χ3v) is 10.7. The first kappa shape index (κ1) is 46.5. The van der Waals surface area contributed by atoms with E-state index in [0.717, 1.165) is 25.8 Å². The zero-order chi connectivity index (χ0) is 34.1. The minimum Gasteiger partial charge on any atom is -0.624 e. The molecule has 0 saturated carbocycles. The van der Waals surface area contributed by atoms with E-state index in [1.54, 1.807) is 0 Å². The van der Waals surface area contributed by atoms with Crippen LogP contribution in [-0.2, 0) is 0 Å². The van der Waals surface area contributed by atoms with Gasteiger partial charge in [-0.1, -0.05) is 239 Å². The fourth-order valence-corrected chi connectivity index (χ4v) is 7.32. The summed E-state index contributed by atoms with van der Waals surface area (Å²) in [5.41, 5.74) is 1.23. The highest BCUT2D eigenvalue weighted by molar-refractivity contribution is 5.79. The molecule has 0 amide bonds. The zero-order valence-corrected chi connectivity index (χ0v) is 33.3. The van der Waals surface area contributed by atoms with E-state index in [4.69, 9.17) is 0 Å². The van der Waals surface area contributed by atoms with Crippen LogP contribution in [-0.4, -0.2) is 17.0 Å². The van der Waals surface area contributed by atoms with Gasteiger partial charge >= 0.3 is 0 Å². The average molecular weight is 662 g/mol. The Morgan fingerprint density at radius 2 is 0.468 bits per heavy atom. The highest BCUT2D eigenvalue weighted by atomic mass is 16.5. The monoisotopic (exact) mass is 662 g/mol. The minimum absolute atomic E-state index is 0.738. The predicted octanol–water partition coefficient (Wildman–Crippen LogP) is 16.6. The van der Waals surface area contributed by atoms with Gasteiger partial charge in [0, 0.05) is 19.3 Å². The molecular weight excluding hydrogens is 571 g/mol. The summed E-state index contributed by atoms with van der Waals surface area (Å²) in [6, 6.07) is 0. The van der Waals surface area contributed by atoms with Crippen molar-refractivity contribution >= 4 is 5.71 Å². The van der Waals surface area contributed by atoms with E-state index in [0.29, 0.717) is 0 Å². The molecule has 0 atom stereocenters. The van der Waals surface area contributed by atoms with Crippen molar-refractivity contribution in [1.82, 2.24) is 0 Å². The van der Waals surface area contributed by atoms with E-state index in [1.165, 1.54) is 248 Å². The summed E-state index contributed by atoms with van der Waals surface area (Å²) in [7, 11) is 0. The molecule has 0 spiro atoms. The molecule has 47 heavy (non-hydrogen) atoms. The van der Waals surface area contributed by atoms with Crippen LogP contribution in [0.5, 0.6) is 0 Å². The zero-order valence-electron chi connectivity index (χ0n) is 33.3. The van der Waals surface area contributed by atoms with Gasteiger partial charge in [0.05, 0.1) is 0 Å². The van der Waals surface area contributed by atoms with Gasteiger partial charge in [0.25, 0.3) is 0 Å². The fraction of sp³-hybridized carbons (Fsp3) is 0.978. The standard InChI is InChI=1S/C45H91NO/c1-4-7-10-13-16-19-21-23-25-26-28-30-32-34-37-40-43-45(46(47)44-41-38-35-18-15-12-9-6-3)42-39-36-33-31-29-27-24-22-20-17-14-11-8-5-2/h4-44H2,1-3H3. The Morgan fingerprint density at radius 1 is 0.277 bits per heavy atom. The molecule has 0 N–H and O–H groups in total. The molecule has 0 rings (SSSR count). The molecule has 0 radical (unpaired) electrons. The Hall–Kier alpha value is -0.530. The maximum atomic E-state index is 13.2. The van der Waals surface area contributed by atoms with Gasteiger partial charge in [-0.05, 0) is 19.3 Å². The van der Waals surface area contributed by atoms with Crippen LogP contribution < -0.4 is 0 Å². The van der Waals surface area contributed by atoms with Crippen molar-refractivity contribution in [3.8, 4) is 0 Å². The van der Waals surface area contributed by atoms with E-state index >= 15 is 0 Å². The number of hydroxylamine groups is 1. The van der Waals surface area contributed by atoms with Gasteiger partial charge in [-0.2, -0.15) is 0 Å². The van der Waals surface area contributed by atoms with Crippen LogP contribution in [0.3, 0.4) is 0 Å². The molecule has 0 aromatic rings. The molecule has 0 aliphatic carbocycles. The molecule has 2 heteroatoms. The second-order valence-corrected chi connectivity index (χ2v) is 15.5. The first-order valence-electron chi connectivity index (χ1n) is 22.6. The van der Waals surface area contributed by atoms with E-state index in [1.807, 2.05) is 0 Å². The lowest BCUT2D eigenvalue weighted by Gasteiger charge is -2.12. The molecule has 0 fully saturated rings. The van der Waals surface area contributed by atoms with Crippen molar-refractivity contribution in [3.05, 3.63) is 5.21 Å². The second kappa shape index (κ2) is 41.6. The molecule has 0 aromatic carbocycles. The van der Waals surface area contributed by atoms with E-state index in [-0.39, 0.29) is 0 Å². The lowest BCUT2D eigenvalue weighted by atomic mass is 10.0. The Kier molecular flexibility index (Phi) is 41.2. The number of rotatable bonds is 41. The molecule has 0 bridgehead atoms. The van der Waals surface area contributed by atoms with Crippen molar-refractivity contribution in [2.75, 3.05) is 6.54 Å². The number of hydrogen-bond acceptors (Lipinski definition) is 1. The van der Waals surface area contributed by atoms with E-state index in [9.17, 15) is 5.21 Å². The number of hydrogen-bond donors (Lipinski definition) is 0. The van der Waals surface area contributed by atoms with Crippen LogP contribution in [0.4, 0.5) is 0 Å². The summed E-state index contributed by atoms with van der Waals surface area (Å²) in [5, 5.41) is 13.2. The van der Waals surface area contributed by atoms with E-state index in [2.05, 4.69) is 20.8 Å². The van der Waals surface area contributed by atoms with Gasteiger partial charge in [0.2, 0.25) is 0 Å². The Labute approximate surface area is 299 Å². The highest BCUT2D eigenvalue weighted by Crippen LogP contribution is 2.17. The summed E-state index contributed by atoms with van der Waals surface area (Å²) in [5.74, 6) is 0. The topological polar surface area (TPSA) is 26.1 Å². The SMILES string of the molecule is CCCCCCCCCCCCCCCCCCC(CCCCCCCCCCCCCCCC)=[N+]([O-])CCCCCCCCCC. The van der Waals surface area contributed by atoms with Crippen molar-refractivity contribution < 1.29 is 4.74 Å². The Balaban J connectivity index is 4.05. The van der Waals surface area contributed by atoms with Crippen LogP contribution in [0.2, 0.25) is 0 Å². The lowest BCUT2D eigenvalue weighted by molar-refractivity contribution is -0.461. The maximum Gasteiger partial charge on any atom is 0.163 e. The molecule has 0 saturated heterocycles. The molecule has 2 nitrogen and oxygen atoms in total. The Bertz CT molecular complexity index is 599. The van der Waals surface area contributed by atoms with Crippen LogP contribution in [0.1, 0.15) is 278 Å². The van der Waals surface area contributed by atoms with Crippen molar-refractivity contribution in [2.45, 2.75) is 278 Å². The lowest BCUT2D eigenvalue weighted by Crippen LogP contribution is -2.17. The minimum atomic E-state index is 0.738. The molecule has 0 aromatic heterocycles. The van der Waals surface area contributed by atoms with Gasteiger partial charge in [0.15, 0.2) is 12.3 Å². The average Bonchev–Trinajstić information content (AvgIpc) is 3.08. The third kappa shape index (κ3) is 38.1. The second-order valence-electron chi connectivity index (χ2n) is 15.5.